The van der Waals surface area contributed by atoms with Gasteiger partial charge in [0, 0.05) is 6.42 Å². The summed E-state index contributed by atoms with van der Waals surface area (Å²) in [6.45, 7) is 0.655. The molecule has 32 heavy (non-hydrogen) atoms. The lowest BCUT2D eigenvalue weighted by atomic mass is 10.1. The Labute approximate surface area is 185 Å². The van der Waals surface area contributed by atoms with Crippen molar-refractivity contribution in [1.29, 1.82) is 5.26 Å². The first-order chi connectivity index (χ1) is 15.6. The van der Waals surface area contributed by atoms with Crippen molar-refractivity contribution in [2.45, 2.75) is 31.0 Å². The monoisotopic (exact) mass is 433 g/mol. The highest BCUT2D eigenvalue weighted by atomic mass is 16.6. The Morgan fingerprint density at radius 2 is 1.81 bits per heavy atom. The molecule has 1 fully saturated rings. The molecule has 2 aromatic carbocycles. The number of hydrogen-bond acceptors (Lipinski definition) is 6. The summed E-state index contributed by atoms with van der Waals surface area (Å²) < 4.78 is 16.9. The molecule has 164 valence electrons. The first kappa shape index (κ1) is 21.2. The molecule has 1 saturated carbocycles. The molecule has 2 aromatic rings. The summed E-state index contributed by atoms with van der Waals surface area (Å²) in [4.78, 5) is 25.4. The molecule has 0 spiro atoms. The second kappa shape index (κ2) is 9.43. The van der Waals surface area contributed by atoms with Crippen LogP contribution in [0.2, 0.25) is 0 Å². The highest BCUT2D eigenvalue weighted by molar-refractivity contribution is 5.97. The Morgan fingerprint density at radius 3 is 2.53 bits per heavy atom. The van der Waals surface area contributed by atoms with Gasteiger partial charge in [0.1, 0.15) is 30.3 Å². The number of carbonyl (C=O) groups is 2. The van der Waals surface area contributed by atoms with Gasteiger partial charge < -0.3 is 24.8 Å². The van der Waals surface area contributed by atoms with Crippen molar-refractivity contribution in [2.24, 2.45) is 0 Å². The number of benzene rings is 2. The minimum atomic E-state index is -0.954. The molecule has 8 nitrogen and oxygen atoms in total. The SMILES string of the molecule is N#CC1(NC(=O)O[C@H]2Cc3ccc(cc3)OC/C=C/COc3ccccc3C(=O)N2)CC1. The Kier molecular flexibility index (Phi) is 6.26. The van der Waals surface area contributed by atoms with Crippen molar-refractivity contribution < 1.29 is 23.8 Å². The molecule has 0 aromatic heterocycles. The van der Waals surface area contributed by atoms with Crippen LogP contribution in [0.4, 0.5) is 4.79 Å². The number of nitriles is 1. The second-order valence-electron chi connectivity index (χ2n) is 7.62. The van der Waals surface area contributed by atoms with Gasteiger partial charge in [-0.1, -0.05) is 24.3 Å². The van der Waals surface area contributed by atoms with Crippen molar-refractivity contribution in [3.63, 3.8) is 0 Å². The van der Waals surface area contributed by atoms with E-state index in [9.17, 15) is 14.9 Å². The third-order valence-electron chi connectivity index (χ3n) is 5.17. The van der Waals surface area contributed by atoms with Crippen LogP contribution in [0.15, 0.2) is 60.7 Å². The molecule has 8 heteroatoms. The van der Waals surface area contributed by atoms with Crippen molar-refractivity contribution >= 4 is 12.0 Å². The van der Waals surface area contributed by atoms with E-state index in [1.807, 2.05) is 36.4 Å². The summed E-state index contributed by atoms with van der Waals surface area (Å²) in [6, 6.07) is 16.3. The molecule has 0 radical (unpaired) electrons. The average molecular weight is 433 g/mol. The number of para-hydroxylation sites is 1. The van der Waals surface area contributed by atoms with E-state index in [1.165, 1.54) is 0 Å². The molecule has 2 bridgehead atoms. The van der Waals surface area contributed by atoms with Gasteiger partial charge in [-0.15, -0.1) is 0 Å². The van der Waals surface area contributed by atoms with Gasteiger partial charge in [0.05, 0.1) is 11.6 Å². The van der Waals surface area contributed by atoms with E-state index < -0.39 is 23.8 Å². The molecule has 0 saturated heterocycles. The maximum Gasteiger partial charge on any atom is 0.410 e. The number of hydrogen-bond donors (Lipinski definition) is 2. The molecule has 0 unspecified atom stereocenters. The van der Waals surface area contributed by atoms with Gasteiger partial charge >= 0.3 is 6.09 Å². The average Bonchev–Trinajstić information content (AvgIpc) is 3.56. The number of carbonyl (C=O) groups excluding carboxylic acids is 2. The topological polar surface area (TPSA) is 110 Å². The molecular weight excluding hydrogens is 410 g/mol. The highest BCUT2D eigenvalue weighted by Gasteiger charge is 2.45. The second-order valence-corrected chi connectivity index (χ2v) is 7.62. The molecule has 2 aliphatic heterocycles. The summed E-state index contributed by atoms with van der Waals surface area (Å²) in [7, 11) is 0. The molecule has 1 aliphatic carbocycles. The Balaban J connectivity index is 1.57. The van der Waals surface area contributed by atoms with E-state index in [0.717, 1.165) is 5.56 Å². The number of nitrogens with zero attached hydrogens (tertiary/aromatic N) is 1. The van der Waals surface area contributed by atoms with Crippen LogP contribution in [0.1, 0.15) is 28.8 Å². The zero-order valence-electron chi connectivity index (χ0n) is 17.4. The number of ether oxygens (including phenoxy) is 3. The highest BCUT2D eigenvalue weighted by Crippen LogP contribution is 2.34. The van der Waals surface area contributed by atoms with Crippen LogP contribution in [0.25, 0.3) is 0 Å². The van der Waals surface area contributed by atoms with Crippen LogP contribution in [0, 0.1) is 11.3 Å². The van der Waals surface area contributed by atoms with E-state index in [4.69, 9.17) is 14.2 Å². The lowest BCUT2D eigenvalue weighted by molar-refractivity contribution is 0.0622. The maximum atomic E-state index is 13.0. The predicted octanol–water partition coefficient (Wildman–Crippen LogP) is 3.09. The zero-order chi connectivity index (χ0) is 22.4. The number of rotatable bonds is 2. The van der Waals surface area contributed by atoms with Gasteiger partial charge in [-0.3, -0.25) is 4.79 Å². The largest absolute Gasteiger partial charge is 0.490 e. The lowest BCUT2D eigenvalue weighted by Crippen LogP contribution is -2.45. The Hall–Kier alpha value is -3.99. The van der Waals surface area contributed by atoms with Gasteiger partial charge in [-0.05, 0) is 54.8 Å². The van der Waals surface area contributed by atoms with Crippen molar-refractivity contribution in [1.82, 2.24) is 10.6 Å². The maximum absolute atomic E-state index is 13.0. The van der Waals surface area contributed by atoms with Crippen LogP contribution in [-0.2, 0) is 11.2 Å². The third kappa shape index (κ3) is 5.38. The van der Waals surface area contributed by atoms with Crippen LogP contribution in [0.5, 0.6) is 11.5 Å². The number of amides is 2. The van der Waals surface area contributed by atoms with E-state index in [1.54, 1.807) is 24.3 Å². The van der Waals surface area contributed by atoms with Gasteiger partial charge in [-0.25, -0.2) is 4.79 Å². The number of nitrogens with one attached hydrogen (secondary N) is 2. The number of alkyl carbamates (subject to hydrolysis) is 1. The first-order valence-electron chi connectivity index (χ1n) is 10.4. The van der Waals surface area contributed by atoms with Gasteiger partial charge in [0.25, 0.3) is 5.91 Å². The Morgan fingerprint density at radius 1 is 1.09 bits per heavy atom. The number of fused-ring (bicyclic) bond motifs is 9. The fraction of sp³-hybridized carbons (Fsp3) is 0.292. The fourth-order valence-corrected chi connectivity index (χ4v) is 3.22. The van der Waals surface area contributed by atoms with Crippen LogP contribution in [0.3, 0.4) is 0 Å². The van der Waals surface area contributed by atoms with E-state index in [2.05, 4.69) is 16.7 Å². The van der Waals surface area contributed by atoms with E-state index in [0.29, 0.717) is 36.5 Å². The first-order valence-corrected chi connectivity index (χ1v) is 10.4. The van der Waals surface area contributed by atoms with Crippen molar-refractivity contribution in [2.75, 3.05) is 13.2 Å². The van der Waals surface area contributed by atoms with Crippen molar-refractivity contribution in [3.8, 4) is 17.6 Å². The van der Waals surface area contributed by atoms with Crippen molar-refractivity contribution in [3.05, 3.63) is 71.8 Å². The molecule has 5 rings (SSSR count). The zero-order valence-corrected chi connectivity index (χ0v) is 17.4. The normalized spacial score (nSPS) is 20.3. The van der Waals surface area contributed by atoms with Crippen LogP contribution < -0.4 is 20.1 Å². The molecule has 2 amide bonds. The third-order valence-corrected chi connectivity index (χ3v) is 5.17. The van der Waals surface area contributed by atoms with Gasteiger partial charge in [0.2, 0.25) is 0 Å². The van der Waals surface area contributed by atoms with E-state index in [-0.39, 0.29) is 13.0 Å². The quantitative estimate of drug-likeness (QED) is 0.705. The van der Waals surface area contributed by atoms with Crippen LogP contribution in [-0.4, -0.2) is 37.0 Å². The summed E-state index contributed by atoms with van der Waals surface area (Å²) in [5, 5.41) is 14.6. The molecule has 2 heterocycles. The lowest BCUT2D eigenvalue weighted by Gasteiger charge is -2.21. The van der Waals surface area contributed by atoms with Crippen LogP contribution >= 0.6 is 0 Å². The summed E-state index contributed by atoms with van der Waals surface area (Å²) in [6.07, 6.45) is 3.35. The standard InChI is InChI=1S/C24H23N3O5/c25-16-24(11-12-24)27-23(29)32-21-15-17-7-9-18(10-8-17)30-13-3-4-14-31-20-6-2-1-5-19(20)22(28)26-21/h1-10,21H,11-15H2,(H,26,28)(H,27,29)/b4-3+/t21-/m0/s1. The predicted molar refractivity (Wildman–Crippen MR) is 115 cm³/mol. The van der Waals surface area contributed by atoms with Gasteiger partial charge in [0.15, 0.2) is 6.23 Å². The minimum absolute atomic E-state index is 0.238. The minimum Gasteiger partial charge on any atom is -0.490 e. The Bertz CT molecular complexity index is 1050. The summed E-state index contributed by atoms with van der Waals surface area (Å²) in [5.41, 5.74) is 0.292. The molecular formula is C24H23N3O5. The smallest absolute Gasteiger partial charge is 0.410 e. The van der Waals surface area contributed by atoms with E-state index >= 15 is 0 Å². The molecule has 1 atom stereocenters. The van der Waals surface area contributed by atoms with Gasteiger partial charge in [-0.2, -0.15) is 5.26 Å². The fourth-order valence-electron chi connectivity index (χ4n) is 3.22. The summed E-state index contributed by atoms with van der Waals surface area (Å²) in [5.74, 6) is 0.673. The molecule has 3 aliphatic rings. The summed E-state index contributed by atoms with van der Waals surface area (Å²) >= 11 is 0. The molecule has 2 N–H and O–H groups in total.